The molecule has 2 heterocycles. The lowest BCUT2D eigenvalue weighted by molar-refractivity contribution is 0.122. The summed E-state index contributed by atoms with van der Waals surface area (Å²) in [6.07, 6.45) is 1.59. The monoisotopic (exact) mass is 330 g/mol. The van der Waals surface area contributed by atoms with E-state index in [4.69, 9.17) is 9.84 Å². The lowest BCUT2D eigenvalue weighted by Crippen LogP contribution is -2.38. The Morgan fingerprint density at radius 2 is 2.27 bits per heavy atom. The number of aromatic nitrogens is 1. The van der Waals surface area contributed by atoms with Crippen LogP contribution in [0, 0.1) is 0 Å². The molecule has 0 unspecified atom stereocenters. The van der Waals surface area contributed by atoms with Crippen molar-refractivity contribution in [2.24, 2.45) is 0 Å². The maximum Gasteiger partial charge on any atom is 0.407 e. The normalized spacial score (nSPS) is 18.4. The molecule has 0 spiro atoms. The van der Waals surface area contributed by atoms with E-state index in [1.165, 1.54) is 4.90 Å². The van der Waals surface area contributed by atoms with Crippen LogP contribution in [0.4, 0.5) is 4.79 Å². The number of rotatable bonds is 6. The third-order valence-electron chi connectivity index (χ3n) is 3.25. The predicted molar refractivity (Wildman–Crippen MR) is 77.1 cm³/mol. The molecule has 1 aromatic heterocycles. The average molecular weight is 330 g/mol. The quantitative estimate of drug-likeness (QED) is 0.778. The van der Waals surface area contributed by atoms with Crippen molar-refractivity contribution in [3.63, 3.8) is 0 Å². The highest BCUT2D eigenvalue weighted by atomic mass is 32.2. The molecule has 1 saturated heterocycles. The number of nitrogens with zero attached hydrogens (tertiary/aromatic N) is 2. The van der Waals surface area contributed by atoms with Crippen LogP contribution in [0.5, 0.6) is 5.88 Å². The highest BCUT2D eigenvalue weighted by molar-refractivity contribution is 7.85. The van der Waals surface area contributed by atoms with Crippen LogP contribution in [0.25, 0.3) is 0 Å². The van der Waals surface area contributed by atoms with Gasteiger partial charge in [-0.05, 0) is 18.9 Å². The smallest absolute Gasteiger partial charge is 0.407 e. The van der Waals surface area contributed by atoms with Crippen LogP contribution in [-0.4, -0.2) is 55.0 Å². The van der Waals surface area contributed by atoms with Crippen LogP contribution in [0.2, 0.25) is 0 Å². The van der Waals surface area contributed by atoms with Gasteiger partial charge in [0.05, 0.1) is 18.0 Å². The Morgan fingerprint density at radius 1 is 1.50 bits per heavy atom. The molecule has 1 aliphatic rings. The van der Waals surface area contributed by atoms with Gasteiger partial charge >= 0.3 is 6.09 Å². The van der Waals surface area contributed by atoms with Gasteiger partial charge in [-0.2, -0.15) is 8.42 Å². The summed E-state index contributed by atoms with van der Waals surface area (Å²) in [6, 6.07) is 4.74. The second kappa shape index (κ2) is 6.93. The Bertz CT molecular complexity index is 633. The summed E-state index contributed by atoms with van der Waals surface area (Å²) >= 11 is 0. The van der Waals surface area contributed by atoms with Gasteiger partial charge in [0.25, 0.3) is 10.1 Å². The number of pyridine rings is 1. The van der Waals surface area contributed by atoms with Gasteiger partial charge in [0, 0.05) is 12.6 Å². The number of hydrogen-bond donors (Lipinski definition) is 1. The fourth-order valence-corrected chi connectivity index (χ4v) is 2.56. The molecule has 22 heavy (non-hydrogen) atoms. The molecule has 0 radical (unpaired) electrons. The zero-order valence-corrected chi connectivity index (χ0v) is 13.0. The maximum absolute atomic E-state index is 11.0. The molecule has 1 atom stereocenters. The van der Waals surface area contributed by atoms with E-state index in [1.54, 1.807) is 18.2 Å². The summed E-state index contributed by atoms with van der Waals surface area (Å²) in [7, 11) is -3.53. The van der Waals surface area contributed by atoms with Crippen molar-refractivity contribution in [3.05, 3.63) is 23.9 Å². The van der Waals surface area contributed by atoms with Crippen molar-refractivity contribution in [1.82, 2.24) is 9.88 Å². The van der Waals surface area contributed by atoms with Crippen LogP contribution in [-0.2, 0) is 20.9 Å². The van der Waals surface area contributed by atoms with E-state index in [1.807, 2.05) is 0 Å². The number of carboxylic acid groups (broad SMARTS) is 1. The predicted octanol–water partition coefficient (Wildman–Crippen LogP) is 1.08. The molecule has 122 valence electrons. The Hall–Kier alpha value is -1.87. The zero-order chi connectivity index (χ0) is 16.2. The first-order valence-electron chi connectivity index (χ1n) is 6.78. The van der Waals surface area contributed by atoms with Gasteiger partial charge in [-0.1, -0.05) is 6.07 Å². The van der Waals surface area contributed by atoms with Crippen molar-refractivity contribution in [1.29, 1.82) is 0 Å². The van der Waals surface area contributed by atoms with Crippen LogP contribution < -0.4 is 4.74 Å². The zero-order valence-electron chi connectivity index (χ0n) is 12.1. The molecule has 1 aromatic rings. The molecule has 1 amide bonds. The first kappa shape index (κ1) is 16.5. The number of likely N-dealkylation sites (tertiary alicyclic amines) is 1. The number of amides is 1. The summed E-state index contributed by atoms with van der Waals surface area (Å²) in [4.78, 5) is 16.5. The van der Waals surface area contributed by atoms with E-state index >= 15 is 0 Å². The van der Waals surface area contributed by atoms with E-state index in [2.05, 4.69) is 9.17 Å². The van der Waals surface area contributed by atoms with E-state index in [9.17, 15) is 13.2 Å². The van der Waals surface area contributed by atoms with Crippen molar-refractivity contribution >= 4 is 16.2 Å². The van der Waals surface area contributed by atoms with Crippen molar-refractivity contribution < 1.29 is 27.2 Å². The third-order valence-corrected chi connectivity index (χ3v) is 3.79. The summed E-state index contributed by atoms with van der Waals surface area (Å²) < 4.78 is 32.1. The Labute approximate surface area is 128 Å². The minimum atomic E-state index is -3.53. The Morgan fingerprint density at radius 3 is 2.95 bits per heavy atom. The van der Waals surface area contributed by atoms with Gasteiger partial charge in [-0.15, -0.1) is 0 Å². The molecule has 2 rings (SSSR count). The number of carbonyl (C=O) groups is 1. The summed E-state index contributed by atoms with van der Waals surface area (Å²) in [6.45, 7) is 0.565. The minimum absolute atomic E-state index is 0.166. The second-order valence-electron chi connectivity index (χ2n) is 5.02. The molecule has 9 heteroatoms. The fourth-order valence-electron chi connectivity index (χ4n) is 2.23. The molecule has 1 N–H and O–H groups in total. The van der Waals surface area contributed by atoms with Crippen molar-refractivity contribution in [2.75, 3.05) is 19.4 Å². The highest BCUT2D eigenvalue weighted by Crippen LogP contribution is 2.18. The minimum Gasteiger partial charge on any atom is -0.475 e. The Balaban J connectivity index is 1.92. The topological polar surface area (TPSA) is 106 Å². The molecular weight excluding hydrogens is 312 g/mol. The standard InChI is InChI=1S/C13H18N2O6S/c1-22(18,19)21-8-10-4-2-6-12(14-10)20-9-11-5-3-7-15(11)13(16)17/h2,4,6,11H,3,5,7-9H2,1H3,(H,16,17)/t11-/m1/s1. The molecule has 0 bridgehead atoms. The maximum atomic E-state index is 11.0. The van der Waals surface area contributed by atoms with Gasteiger partial charge < -0.3 is 14.7 Å². The molecule has 1 aliphatic heterocycles. The van der Waals surface area contributed by atoms with Gasteiger partial charge in [-0.3, -0.25) is 4.18 Å². The van der Waals surface area contributed by atoms with Crippen molar-refractivity contribution in [3.8, 4) is 5.88 Å². The SMILES string of the molecule is CS(=O)(=O)OCc1cccc(OC[C@H]2CCCN2C(=O)O)n1. The molecule has 0 saturated carbocycles. The third kappa shape index (κ3) is 4.85. The summed E-state index contributed by atoms with van der Waals surface area (Å²) in [5, 5.41) is 9.05. The first-order valence-corrected chi connectivity index (χ1v) is 8.59. The van der Waals surface area contributed by atoms with Crippen LogP contribution >= 0.6 is 0 Å². The Kier molecular flexibility index (Phi) is 5.19. The molecule has 1 fully saturated rings. The molecule has 0 aromatic carbocycles. The number of hydrogen-bond acceptors (Lipinski definition) is 6. The summed E-state index contributed by atoms with van der Waals surface area (Å²) in [5.41, 5.74) is 0.421. The highest BCUT2D eigenvalue weighted by Gasteiger charge is 2.28. The van der Waals surface area contributed by atoms with Crippen LogP contribution in [0.1, 0.15) is 18.5 Å². The van der Waals surface area contributed by atoms with E-state index in [0.29, 0.717) is 18.1 Å². The first-order chi connectivity index (χ1) is 10.3. The second-order valence-corrected chi connectivity index (χ2v) is 6.66. The summed E-state index contributed by atoms with van der Waals surface area (Å²) in [5.74, 6) is 0.312. The lowest BCUT2D eigenvalue weighted by atomic mass is 10.2. The fraction of sp³-hybridized carbons (Fsp3) is 0.538. The van der Waals surface area contributed by atoms with E-state index in [0.717, 1.165) is 19.1 Å². The lowest BCUT2D eigenvalue weighted by Gasteiger charge is -2.21. The van der Waals surface area contributed by atoms with Gasteiger partial charge in [0.2, 0.25) is 5.88 Å². The van der Waals surface area contributed by atoms with Gasteiger partial charge in [-0.25, -0.2) is 9.78 Å². The number of ether oxygens (including phenoxy) is 1. The van der Waals surface area contributed by atoms with Crippen LogP contribution in [0.3, 0.4) is 0 Å². The van der Waals surface area contributed by atoms with Crippen LogP contribution in [0.15, 0.2) is 18.2 Å². The molecule has 8 nitrogen and oxygen atoms in total. The van der Waals surface area contributed by atoms with Crippen molar-refractivity contribution in [2.45, 2.75) is 25.5 Å². The van der Waals surface area contributed by atoms with E-state index in [-0.39, 0.29) is 19.3 Å². The molecule has 0 aliphatic carbocycles. The van der Waals surface area contributed by atoms with Gasteiger partial charge in [0.1, 0.15) is 13.2 Å². The van der Waals surface area contributed by atoms with Gasteiger partial charge in [0.15, 0.2) is 0 Å². The average Bonchev–Trinajstić information content (AvgIpc) is 2.91. The largest absolute Gasteiger partial charge is 0.475 e. The van der Waals surface area contributed by atoms with E-state index < -0.39 is 16.2 Å². The molecular formula is C13H18N2O6S.